The largest absolute Gasteiger partial charge is 0.481 e. The fraction of sp³-hybridized carbons (Fsp3) is 0.842. The molecule has 2 aliphatic carbocycles. The second-order valence-corrected chi connectivity index (χ2v) is 7.60. The van der Waals surface area contributed by atoms with E-state index < -0.39 is 5.97 Å². The molecule has 5 nitrogen and oxygen atoms in total. The summed E-state index contributed by atoms with van der Waals surface area (Å²) in [6.45, 7) is 1.04. The van der Waals surface area contributed by atoms with Gasteiger partial charge >= 0.3 is 5.97 Å². The molecule has 2 saturated carbocycles. The zero-order chi connectivity index (χ0) is 16.9. The molecular weight excluding hydrogens is 308 g/mol. The lowest BCUT2D eigenvalue weighted by atomic mass is 9.92. The Hall–Kier alpha value is -0.910. The monoisotopic (exact) mass is 339 g/mol. The van der Waals surface area contributed by atoms with Crippen LogP contribution in [0.3, 0.4) is 0 Å². The van der Waals surface area contributed by atoms with Gasteiger partial charge in [-0.2, -0.15) is 0 Å². The number of carboxylic acids is 1. The van der Waals surface area contributed by atoms with Crippen LogP contribution in [-0.2, 0) is 9.53 Å². The molecule has 5 atom stereocenters. The van der Waals surface area contributed by atoms with E-state index in [0.29, 0.717) is 18.3 Å². The zero-order valence-electron chi connectivity index (χ0n) is 14.4. The van der Waals surface area contributed by atoms with Crippen molar-refractivity contribution in [2.45, 2.75) is 70.2 Å². The topological polar surface area (TPSA) is 79.6 Å². The van der Waals surface area contributed by atoms with Crippen molar-refractivity contribution in [3.05, 3.63) is 11.6 Å². The lowest BCUT2D eigenvalue weighted by Gasteiger charge is -2.26. The summed E-state index contributed by atoms with van der Waals surface area (Å²) in [6.07, 6.45) is 11.0. The Bertz CT molecular complexity index is 455. The van der Waals surface area contributed by atoms with Crippen LogP contribution < -0.4 is 0 Å². The van der Waals surface area contributed by atoms with Crippen molar-refractivity contribution < 1.29 is 24.5 Å². The summed E-state index contributed by atoms with van der Waals surface area (Å²) in [5.74, 6) is 0.722. The lowest BCUT2D eigenvalue weighted by molar-refractivity contribution is -0.292. The number of rotatable bonds is 7. The number of carboxylic acid groups (broad SMARTS) is 1. The Morgan fingerprint density at radius 3 is 2.92 bits per heavy atom. The van der Waals surface area contributed by atoms with Gasteiger partial charge in [-0.3, -0.25) is 4.79 Å². The van der Waals surface area contributed by atoms with E-state index in [1.54, 1.807) is 0 Å². The van der Waals surface area contributed by atoms with E-state index in [9.17, 15) is 9.90 Å². The first-order valence-corrected chi connectivity index (χ1v) is 9.49. The van der Waals surface area contributed by atoms with Gasteiger partial charge in [-0.1, -0.05) is 11.6 Å². The van der Waals surface area contributed by atoms with Crippen LogP contribution in [0.5, 0.6) is 0 Å². The minimum absolute atomic E-state index is 0.0441. The Kier molecular flexibility index (Phi) is 6.31. The first kappa shape index (κ1) is 17.9. The molecule has 24 heavy (non-hydrogen) atoms. The molecule has 3 rings (SSSR count). The number of hydrogen-bond donors (Lipinski definition) is 2. The van der Waals surface area contributed by atoms with Crippen molar-refractivity contribution in [3.8, 4) is 0 Å². The zero-order valence-corrected chi connectivity index (χ0v) is 14.4. The lowest BCUT2D eigenvalue weighted by Crippen LogP contribution is -2.36. The summed E-state index contributed by atoms with van der Waals surface area (Å²) in [7, 11) is 0. The molecule has 0 spiro atoms. The summed E-state index contributed by atoms with van der Waals surface area (Å²) in [4.78, 5) is 10.6. The first-order chi connectivity index (χ1) is 11.7. The normalized spacial score (nSPS) is 37.7. The molecule has 5 heteroatoms. The van der Waals surface area contributed by atoms with E-state index in [1.165, 1.54) is 12.0 Å². The van der Waals surface area contributed by atoms with Crippen molar-refractivity contribution in [3.63, 3.8) is 0 Å². The molecule has 3 aliphatic rings. The molecule has 136 valence electrons. The molecule has 1 heterocycles. The molecule has 0 aromatic rings. The van der Waals surface area contributed by atoms with Gasteiger partial charge in [-0.05, 0) is 50.4 Å². The Balaban J connectivity index is 1.49. The van der Waals surface area contributed by atoms with Crippen molar-refractivity contribution >= 4 is 5.97 Å². The van der Waals surface area contributed by atoms with Gasteiger partial charge in [0.25, 0.3) is 6.29 Å². The molecule has 0 aromatic carbocycles. The van der Waals surface area contributed by atoms with Crippen LogP contribution in [0.2, 0.25) is 0 Å². The highest BCUT2D eigenvalue weighted by Gasteiger charge is 2.50. The molecule has 3 fully saturated rings. The standard InChI is InChI=1S/C19H30O5/c20-12-16-15-10-13(5-1-2-6-18(21)22)9-14(15)11-17(16)24-19-7-3-4-8-23-19/h5,14-17,19-20H,1-4,6-12H2,(H,21,22)/p+1/b13-5+/t14-,15-,16+,17?,19?/m0/s1. The van der Waals surface area contributed by atoms with Gasteiger partial charge in [0.1, 0.15) is 0 Å². The molecule has 2 unspecified atom stereocenters. The van der Waals surface area contributed by atoms with Gasteiger partial charge in [0.05, 0.1) is 19.1 Å². The molecule has 1 aliphatic heterocycles. The van der Waals surface area contributed by atoms with E-state index in [1.807, 2.05) is 0 Å². The van der Waals surface area contributed by atoms with Crippen molar-refractivity contribution in [2.24, 2.45) is 17.8 Å². The average Bonchev–Trinajstić information content (AvgIpc) is 3.09. The predicted molar refractivity (Wildman–Crippen MR) is 90.6 cm³/mol. The SMILES string of the molecule is O=C(O)CCC/C=C1\C[C@H]2CC([OH+]C3CCCCO3)[C@H](CO)[C@H]2C1. The number of aliphatic hydroxyl groups is 3. The summed E-state index contributed by atoms with van der Waals surface area (Å²) >= 11 is 0. The quantitative estimate of drug-likeness (QED) is 0.424. The van der Waals surface area contributed by atoms with E-state index in [-0.39, 0.29) is 31.3 Å². The average molecular weight is 339 g/mol. The second kappa shape index (κ2) is 8.45. The minimum atomic E-state index is -0.716. The number of aliphatic carboxylic acids is 1. The van der Waals surface area contributed by atoms with E-state index in [2.05, 4.69) is 6.08 Å². The van der Waals surface area contributed by atoms with E-state index >= 15 is 0 Å². The van der Waals surface area contributed by atoms with E-state index in [0.717, 1.165) is 45.1 Å². The summed E-state index contributed by atoms with van der Waals surface area (Å²) in [6, 6.07) is 0. The third-order valence-corrected chi connectivity index (χ3v) is 5.97. The van der Waals surface area contributed by atoms with Gasteiger partial charge < -0.3 is 19.7 Å². The van der Waals surface area contributed by atoms with Crippen LogP contribution in [0.25, 0.3) is 0 Å². The van der Waals surface area contributed by atoms with Crippen molar-refractivity contribution in [1.29, 1.82) is 0 Å². The van der Waals surface area contributed by atoms with E-state index in [4.69, 9.17) is 14.6 Å². The maximum absolute atomic E-state index is 10.6. The molecule has 1 saturated heterocycles. The highest BCUT2D eigenvalue weighted by atomic mass is 16.7. The third-order valence-electron chi connectivity index (χ3n) is 5.97. The smallest absolute Gasteiger partial charge is 0.303 e. The maximum atomic E-state index is 10.6. The minimum Gasteiger partial charge on any atom is -0.481 e. The van der Waals surface area contributed by atoms with Crippen LogP contribution in [0.4, 0.5) is 0 Å². The molecule has 3 N–H and O–H groups in total. The van der Waals surface area contributed by atoms with Crippen LogP contribution in [0.1, 0.15) is 57.8 Å². The van der Waals surface area contributed by atoms with Crippen LogP contribution >= 0.6 is 0 Å². The van der Waals surface area contributed by atoms with Gasteiger partial charge in [0, 0.05) is 19.3 Å². The Labute approximate surface area is 144 Å². The Morgan fingerprint density at radius 2 is 2.21 bits per heavy atom. The number of carbonyl (C=O) groups is 1. The second-order valence-electron chi connectivity index (χ2n) is 7.60. The van der Waals surface area contributed by atoms with Crippen LogP contribution in [-0.4, -0.2) is 46.5 Å². The molecule has 0 amide bonds. The number of fused-ring (bicyclic) bond motifs is 1. The number of ether oxygens (including phenoxy) is 2. The van der Waals surface area contributed by atoms with Crippen molar-refractivity contribution in [1.82, 2.24) is 0 Å². The number of aliphatic hydroxyl groups excluding tert-OH is 1. The third kappa shape index (κ3) is 4.38. The van der Waals surface area contributed by atoms with Gasteiger partial charge in [0.2, 0.25) is 0 Å². The fourth-order valence-electron chi connectivity index (χ4n) is 4.78. The first-order valence-electron chi connectivity index (χ1n) is 9.49. The fourth-order valence-corrected chi connectivity index (χ4v) is 4.78. The van der Waals surface area contributed by atoms with Gasteiger partial charge in [-0.15, -0.1) is 0 Å². The molecule has 0 radical (unpaired) electrons. The van der Waals surface area contributed by atoms with Crippen molar-refractivity contribution in [2.75, 3.05) is 13.2 Å². The summed E-state index contributed by atoms with van der Waals surface area (Å²) in [5.41, 5.74) is 1.46. The predicted octanol–water partition coefficient (Wildman–Crippen LogP) is 2.63. The number of hydrogen-bond acceptors (Lipinski definition) is 3. The molecule has 0 bridgehead atoms. The number of allylic oxidation sites excluding steroid dienone is 2. The molecular formula is C19H31O5+. The highest BCUT2D eigenvalue weighted by molar-refractivity contribution is 5.66. The number of unbranched alkanes of at least 4 members (excludes halogenated alkanes) is 1. The van der Waals surface area contributed by atoms with Crippen LogP contribution in [0.15, 0.2) is 11.6 Å². The maximum Gasteiger partial charge on any atom is 0.303 e. The Morgan fingerprint density at radius 1 is 1.33 bits per heavy atom. The summed E-state index contributed by atoms with van der Waals surface area (Å²) < 4.78 is 10.7. The highest BCUT2D eigenvalue weighted by Crippen LogP contribution is 2.50. The van der Waals surface area contributed by atoms with Gasteiger partial charge in [-0.25, -0.2) is 0 Å². The molecule has 0 aromatic heterocycles. The van der Waals surface area contributed by atoms with Crippen LogP contribution in [0, 0.1) is 17.8 Å². The summed E-state index contributed by atoms with van der Waals surface area (Å²) in [5, 5.41) is 18.6. The van der Waals surface area contributed by atoms with Gasteiger partial charge in [0.15, 0.2) is 6.10 Å².